The molecule has 0 nitrogen and oxygen atoms in total. The largest absolute Gasteiger partial charge is 0.460 e. The fourth-order valence-corrected chi connectivity index (χ4v) is 1.03. The standard InChI is InChI=1S/C10H2F14/c1-3(11)4(2-5(12)7(15,16)17)6(13,14)8(18,19)9(20,21)10(22,23)24/h1H2. The van der Waals surface area contributed by atoms with Crippen molar-refractivity contribution in [2.75, 3.05) is 0 Å². The molecule has 14 heteroatoms. The lowest BCUT2D eigenvalue weighted by Crippen LogP contribution is -2.61. The van der Waals surface area contributed by atoms with Gasteiger partial charge < -0.3 is 0 Å². The maximum atomic E-state index is 13.2. The van der Waals surface area contributed by atoms with Gasteiger partial charge in [-0.1, -0.05) is 12.3 Å². The third kappa shape index (κ3) is 3.68. The number of allylic oxidation sites excluding steroid dienone is 2. The summed E-state index contributed by atoms with van der Waals surface area (Å²) >= 11 is 0. The molecule has 0 aromatic rings. The first-order valence-electron chi connectivity index (χ1n) is 5.00. The highest BCUT2D eigenvalue weighted by Gasteiger charge is 2.82. The van der Waals surface area contributed by atoms with Gasteiger partial charge in [-0.3, -0.25) is 0 Å². The van der Waals surface area contributed by atoms with Gasteiger partial charge in [-0.15, -0.1) is 0 Å². The van der Waals surface area contributed by atoms with E-state index in [0.29, 0.717) is 0 Å². The Morgan fingerprint density at radius 3 is 1.29 bits per heavy atom. The van der Waals surface area contributed by atoms with E-state index in [1.54, 1.807) is 6.58 Å². The predicted octanol–water partition coefficient (Wildman–Crippen LogP) is 5.88. The van der Waals surface area contributed by atoms with Crippen molar-refractivity contribution in [1.29, 1.82) is 0 Å². The number of hydrogen-bond donors (Lipinski definition) is 0. The van der Waals surface area contributed by atoms with Gasteiger partial charge in [-0.2, -0.15) is 57.1 Å². The van der Waals surface area contributed by atoms with E-state index in [1.807, 2.05) is 0 Å². The van der Waals surface area contributed by atoms with Crippen molar-refractivity contribution >= 4 is 0 Å². The number of rotatable bonds is 4. The first kappa shape index (κ1) is 22.3. The zero-order valence-corrected chi connectivity index (χ0v) is 10.5. The summed E-state index contributed by atoms with van der Waals surface area (Å²) in [7, 11) is 0. The molecule has 0 rings (SSSR count). The lowest BCUT2D eigenvalue weighted by Gasteiger charge is -2.33. The monoisotopic (exact) mass is 388 g/mol. The van der Waals surface area contributed by atoms with Crippen LogP contribution < -0.4 is 0 Å². The summed E-state index contributed by atoms with van der Waals surface area (Å²) in [5.74, 6) is -28.8. The van der Waals surface area contributed by atoms with Gasteiger partial charge in [0.2, 0.25) is 5.83 Å². The Hall–Kier alpha value is -1.72. The summed E-state index contributed by atoms with van der Waals surface area (Å²) in [4.78, 5) is 0. The van der Waals surface area contributed by atoms with Crippen molar-refractivity contribution in [2.45, 2.75) is 30.1 Å². The van der Waals surface area contributed by atoms with E-state index in [9.17, 15) is 61.5 Å². The first-order chi connectivity index (χ1) is 10.2. The molecule has 0 spiro atoms. The normalized spacial score (nSPS) is 14.2. The van der Waals surface area contributed by atoms with E-state index in [4.69, 9.17) is 0 Å². The molecular formula is C10H2F14. The molecular weight excluding hydrogens is 386 g/mol. The Labute approximate surface area is 122 Å². The first-order valence-corrected chi connectivity index (χ1v) is 5.00. The van der Waals surface area contributed by atoms with Gasteiger partial charge in [0, 0.05) is 0 Å². The van der Waals surface area contributed by atoms with Crippen molar-refractivity contribution in [1.82, 2.24) is 0 Å². The molecule has 0 aliphatic carbocycles. The van der Waals surface area contributed by atoms with E-state index in [-0.39, 0.29) is 5.73 Å². The van der Waals surface area contributed by atoms with Crippen LogP contribution in [0.1, 0.15) is 0 Å². The van der Waals surface area contributed by atoms with Crippen LogP contribution >= 0.6 is 0 Å². The molecule has 140 valence electrons. The predicted molar refractivity (Wildman–Crippen MR) is 48.8 cm³/mol. The van der Waals surface area contributed by atoms with E-state index >= 15 is 0 Å². The Morgan fingerprint density at radius 2 is 1.04 bits per heavy atom. The van der Waals surface area contributed by atoms with E-state index in [1.165, 1.54) is 0 Å². The number of alkyl halides is 12. The minimum atomic E-state index is -7.51. The van der Waals surface area contributed by atoms with E-state index in [0.717, 1.165) is 0 Å². The molecule has 0 bridgehead atoms. The molecule has 24 heavy (non-hydrogen) atoms. The molecule has 0 saturated carbocycles. The van der Waals surface area contributed by atoms with Gasteiger partial charge in [0.05, 0.1) is 0 Å². The van der Waals surface area contributed by atoms with Gasteiger partial charge >= 0.3 is 30.1 Å². The van der Waals surface area contributed by atoms with Crippen LogP contribution in [0.3, 0.4) is 0 Å². The van der Waals surface area contributed by atoms with Crippen molar-refractivity contribution in [3.8, 4) is 0 Å². The van der Waals surface area contributed by atoms with Gasteiger partial charge in [0.1, 0.15) is 11.4 Å². The highest BCUT2D eigenvalue weighted by Crippen LogP contribution is 2.56. The topological polar surface area (TPSA) is 0 Å². The Balaban J connectivity index is 6.67. The second-order valence-electron chi connectivity index (χ2n) is 3.94. The highest BCUT2D eigenvalue weighted by atomic mass is 19.4. The van der Waals surface area contributed by atoms with Crippen LogP contribution in [-0.4, -0.2) is 30.1 Å². The third-order valence-corrected chi connectivity index (χ3v) is 2.21. The average Bonchev–Trinajstić information content (AvgIpc) is 2.31. The van der Waals surface area contributed by atoms with E-state index in [2.05, 4.69) is 0 Å². The summed E-state index contributed by atoms with van der Waals surface area (Å²) in [5, 5.41) is 0. The smallest absolute Gasteiger partial charge is 0.206 e. The van der Waals surface area contributed by atoms with Crippen molar-refractivity contribution in [2.24, 2.45) is 0 Å². The molecule has 0 heterocycles. The van der Waals surface area contributed by atoms with Crippen LogP contribution in [0.5, 0.6) is 0 Å². The molecule has 0 aromatic heterocycles. The van der Waals surface area contributed by atoms with Crippen LogP contribution in [-0.2, 0) is 0 Å². The SMILES string of the molecule is C=C(F)C(=C=C(F)C(F)(F)F)C(F)(F)C(F)(F)C(F)(F)C(F)(F)F. The summed E-state index contributed by atoms with van der Waals surface area (Å²) < 4.78 is 173. The molecule has 0 aromatic carbocycles. The second kappa shape index (κ2) is 5.97. The molecule has 0 unspecified atom stereocenters. The summed E-state index contributed by atoms with van der Waals surface area (Å²) in [5.41, 5.74) is -3.90. The van der Waals surface area contributed by atoms with Crippen LogP contribution in [0.4, 0.5) is 61.5 Å². The third-order valence-electron chi connectivity index (χ3n) is 2.21. The van der Waals surface area contributed by atoms with Crippen LogP contribution in [0.15, 0.2) is 29.5 Å². The zero-order valence-electron chi connectivity index (χ0n) is 10.5. The summed E-state index contributed by atoms with van der Waals surface area (Å²) in [6.07, 6.45) is -13.5. The molecule has 0 N–H and O–H groups in total. The summed E-state index contributed by atoms with van der Waals surface area (Å²) in [6.45, 7) is 1.76. The van der Waals surface area contributed by atoms with Crippen molar-refractivity contribution in [3.05, 3.63) is 29.5 Å². The van der Waals surface area contributed by atoms with Crippen molar-refractivity contribution < 1.29 is 61.5 Å². The Bertz CT molecular complexity index is 565. The lowest BCUT2D eigenvalue weighted by atomic mass is 9.96. The van der Waals surface area contributed by atoms with Gasteiger partial charge in [0.15, 0.2) is 0 Å². The molecule has 0 amide bonds. The fraction of sp³-hybridized carbons (Fsp3) is 0.500. The van der Waals surface area contributed by atoms with Gasteiger partial charge in [-0.05, 0) is 0 Å². The molecule has 0 aliphatic heterocycles. The Kier molecular flexibility index (Phi) is 5.54. The summed E-state index contributed by atoms with van der Waals surface area (Å²) in [6, 6.07) is 0. The molecule has 0 atom stereocenters. The van der Waals surface area contributed by atoms with Gasteiger partial charge in [-0.25, -0.2) is 4.39 Å². The van der Waals surface area contributed by atoms with Crippen molar-refractivity contribution in [3.63, 3.8) is 0 Å². The van der Waals surface area contributed by atoms with Crippen LogP contribution in [0.2, 0.25) is 0 Å². The maximum absolute atomic E-state index is 13.2. The Morgan fingerprint density at radius 1 is 0.667 bits per heavy atom. The second-order valence-corrected chi connectivity index (χ2v) is 3.94. The molecule has 0 aliphatic rings. The minimum absolute atomic E-state index is 0.337. The molecule has 0 saturated heterocycles. The van der Waals surface area contributed by atoms with Crippen LogP contribution in [0.25, 0.3) is 0 Å². The highest BCUT2D eigenvalue weighted by molar-refractivity contribution is 5.34. The lowest BCUT2D eigenvalue weighted by molar-refractivity contribution is -0.389. The molecule has 0 radical (unpaired) electrons. The fourth-order valence-electron chi connectivity index (χ4n) is 1.03. The number of hydrogen-bond acceptors (Lipinski definition) is 0. The van der Waals surface area contributed by atoms with E-state index < -0.39 is 47.3 Å². The van der Waals surface area contributed by atoms with Gasteiger partial charge in [0.25, 0.3) is 0 Å². The molecule has 0 fully saturated rings. The maximum Gasteiger partial charge on any atom is 0.460 e. The average molecular weight is 388 g/mol. The zero-order chi connectivity index (χ0) is 19.9. The van der Waals surface area contributed by atoms with Crippen LogP contribution in [0, 0.1) is 0 Å². The number of halogens is 14. The minimum Gasteiger partial charge on any atom is -0.206 e. The quantitative estimate of drug-likeness (QED) is 0.321.